The Morgan fingerprint density at radius 1 is 1.19 bits per heavy atom. The Hall–Kier alpha value is -3.57. The van der Waals surface area contributed by atoms with Crippen molar-refractivity contribution in [1.82, 2.24) is 24.3 Å². The van der Waals surface area contributed by atoms with Gasteiger partial charge in [0.2, 0.25) is 0 Å². The molecule has 0 radical (unpaired) electrons. The van der Waals surface area contributed by atoms with Gasteiger partial charge in [0, 0.05) is 30.9 Å². The summed E-state index contributed by atoms with van der Waals surface area (Å²) in [6, 6.07) is 13.2. The third kappa shape index (κ3) is 5.47. The van der Waals surface area contributed by atoms with Crippen LogP contribution in [0.25, 0.3) is 16.7 Å². The zero-order valence-electron chi connectivity index (χ0n) is 23.5. The number of piperidine rings is 1. The number of aliphatic hydroxyl groups is 1. The van der Waals surface area contributed by atoms with Crippen molar-refractivity contribution < 1.29 is 19.0 Å². The van der Waals surface area contributed by atoms with Crippen molar-refractivity contribution in [1.29, 1.82) is 0 Å². The highest BCUT2D eigenvalue weighted by Crippen LogP contribution is 2.29. The minimum atomic E-state index is -1.19. The summed E-state index contributed by atoms with van der Waals surface area (Å²) in [5.41, 5.74) is 2.36. The van der Waals surface area contributed by atoms with Gasteiger partial charge in [-0.2, -0.15) is 0 Å². The van der Waals surface area contributed by atoms with E-state index in [4.69, 9.17) is 16.3 Å². The number of amides is 1. The van der Waals surface area contributed by atoms with E-state index in [0.29, 0.717) is 41.4 Å². The second-order valence-electron chi connectivity index (χ2n) is 11.4. The van der Waals surface area contributed by atoms with Gasteiger partial charge in [-0.15, -0.1) is 0 Å². The van der Waals surface area contributed by atoms with E-state index < -0.39 is 11.4 Å². The minimum absolute atomic E-state index is 0.0407. The molecule has 9 nitrogen and oxygen atoms in total. The lowest BCUT2D eigenvalue weighted by Crippen LogP contribution is -2.49. The average molecular weight is 594 g/mol. The zero-order valence-corrected chi connectivity index (χ0v) is 24.3. The van der Waals surface area contributed by atoms with E-state index in [9.17, 15) is 19.1 Å². The summed E-state index contributed by atoms with van der Waals surface area (Å²) in [6.45, 7) is 6.15. The van der Waals surface area contributed by atoms with Gasteiger partial charge in [-0.25, -0.2) is 9.37 Å². The molecule has 2 N–H and O–H groups in total. The van der Waals surface area contributed by atoms with Crippen LogP contribution in [0, 0.1) is 12.7 Å². The highest BCUT2D eigenvalue weighted by molar-refractivity contribution is 6.31. The van der Waals surface area contributed by atoms with Crippen LogP contribution in [0.2, 0.25) is 5.15 Å². The topological polar surface area (TPSA) is 102 Å². The Labute approximate surface area is 247 Å². The normalized spacial score (nSPS) is 20.6. The van der Waals surface area contributed by atoms with Gasteiger partial charge in [0.1, 0.15) is 17.3 Å². The summed E-state index contributed by atoms with van der Waals surface area (Å²) < 4.78 is 22.2. The smallest absolute Gasteiger partial charge is 0.262 e. The number of likely N-dealkylation sites (tertiary alicyclic amines) is 1. The molecule has 0 unspecified atom stereocenters. The molecule has 0 aliphatic carbocycles. The fourth-order valence-electron chi connectivity index (χ4n) is 5.90. The van der Waals surface area contributed by atoms with Crippen LogP contribution in [0.4, 0.5) is 4.39 Å². The van der Waals surface area contributed by atoms with Crippen molar-refractivity contribution in [3.8, 4) is 5.69 Å². The summed E-state index contributed by atoms with van der Waals surface area (Å²) in [7, 11) is 0. The molecule has 220 valence electrons. The molecule has 1 amide bonds. The number of nitrogens with one attached hydrogen (secondary N) is 1. The number of rotatable bonds is 5. The van der Waals surface area contributed by atoms with Gasteiger partial charge in [-0.3, -0.25) is 18.7 Å². The monoisotopic (exact) mass is 593 g/mol. The first-order chi connectivity index (χ1) is 20.1. The van der Waals surface area contributed by atoms with Crippen LogP contribution in [0.3, 0.4) is 0 Å². The predicted molar refractivity (Wildman–Crippen MR) is 158 cm³/mol. The van der Waals surface area contributed by atoms with Crippen LogP contribution in [-0.4, -0.2) is 68.0 Å². The van der Waals surface area contributed by atoms with Gasteiger partial charge >= 0.3 is 0 Å². The number of carbonyl (C=O) groups is 1. The number of benzene rings is 2. The zero-order chi connectivity index (χ0) is 29.6. The number of ether oxygens (including phenoxy) is 1. The van der Waals surface area contributed by atoms with E-state index in [1.807, 2.05) is 32.0 Å². The van der Waals surface area contributed by atoms with E-state index in [0.717, 1.165) is 23.4 Å². The first-order valence-corrected chi connectivity index (χ1v) is 14.5. The van der Waals surface area contributed by atoms with Crippen LogP contribution in [-0.2, 0) is 11.3 Å². The number of fused-ring (bicyclic) bond motifs is 1. The van der Waals surface area contributed by atoms with E-state index in [1.54, 1.807) is 15.5 Å². The lowest BCUT2D eigenvalue weighted by Gasteiger charge is -2.38. The molecule has 0 bridgehead atoms. The Kier molecular flexibility index (Phi) is 7.65. The first-order valence-electron chi connectivity index (χ1n) is 14.1. The molecule has 2 fully saturated rings. The molecule has 0 saturated carbocycles. The molecule has 11 heteroatoms. The van der Waals surface area contributed by atoms with Crippen LogP contribution in [0.15, 0.2) is 59.7 Å². The van der Waals surface area contributed by atoms with E-state index >= 15 is 0 Å². The second-order valence-corrected chi connectivity index (χ2v) is 11.8. The fourth-order valence-corrected chi connectivity index (χ4v) is 6.18. The summed E-state index contributed by atoms with van der Waals surface area (Å²) in [5.74, 6) is -0.618. The molecule has 2 aromatic heterocycles. The number of nitrogens with zero attached hydrogens (tertiary/aromatic N) is 4. The van der Waals surface area contributed by atoms with Crippen LogP contribution in [0.5, 0.6) is 0 Å². The van der Waals surface area contributed by atoms with Gasteiger partial charge < -0.3 is 20.1 Å². The Bertz CT molecular complexity index is 1690. The summed E-state index contributed by atoms with van der Waals surface area (Å²) >= 11 is 6.64. The molecular weight excluding hydrogens is 561 g/mol. The Morgan fingerprint density at radius 2 is 1.93 bits per heavy atom. The van der Waals surface area contributed by atoms with Gasteiger partial charge in [0.15, 0.2) is 5.65 Å². The molecule has 42 heavy (non-hydrogen) atoms. The molecular formula is C31H33ClFN5O4. The maximum atomic E-state index is 13.5. The Morgan fingerprint density at radius 3 is 2.60 bits per heavy atom. The number of halogens is 2. The number of carbonyl (C=O) groups excluding carboxylic acids is 1. The maximum Gasteiger partial charge on any atom is 0.262 e. The highest BCUT2D eigenvalue weighted by Gasteiger charge is 2.35. The number of aryl methyl sites for hydroxylation is 1. The lowest BCUT2D eigenvalue weighted by atomic mass is 9.91. The van der Waals surface area contributed by atoms with Crippen LogP contribution in [0.1, 0.15) is 47.3 Å². The number of aromatic nitrogens is 3. The molecule has 4 aromatic rings. The third-order valence-corrected chi connectivity index (χ3v) is 8.64. The number of hydrogen-bond donors (Lipinski definition) is 2. The maximum absolute atomic E-state index is 13.5. The van der Waals surface area contributed by atoms with E-state index in [2.05, 4.69) is 10.3 Å². The quantitative estimate of drug-likeness (QED) is 0.363. The SMILES string of the molecule is Cc1cc(-n2c(Cl)cc3c(=O)n(CC4(O)CCN(C(=O)c5ccc(F)cc5)CC4)cnc32)ccc1[C@H]1CO[C@H](C)CN1. The van der Waals surface area contributed by atoms with Crippen molar-refractivity contribution in [2.45, 2.75) is 51.0 Å². The van der Waals surface area contributed by atoms with Crippen molar-refractivity contribution in [3.05, 3.63) is 92.9 Å². The molecule has 6 rings (SSSR count). The molecule has 2 saturated heterocycles. The van der Waals surface area contributed by atoms with Crippen molar-refractivity contribution in [2.75, 3.05) is 26.2 Å². The fraction of sp³-hybridized carbons (Fsp3) is 0.387. The van der Waals surface area contributed by atoms with Crippen LogP contribution < -0.4 is 10.9 Å². The third-order valence-electron chi connectivity index (χ3n) is 8.36. The Balaban J connectivity index is 1.19. The van der Waals surface area contributed by atoms with Gasteiger partial charge in [0.25, 0.3) is 11.5 Å². The standard InChI is InChI=1S/C31H33ClFN5O4/c1-19-13-23(7-8-24(19)26-16-42-20(2)15-34-26)38-27(32)14-25-28(38)35-18-37(30(25)40)17-31(41)9-11-36(12-10-31)29(39)21-3-5-22(33)6-4-21/h3-8,13-14,18,20,26,34,41H,9-12,15-17H2,1-2H3/t20-,26-/m1/s1. The predicted octanol–water partition coefficient (Wildman–Crippen LogP) is 4.00. The summed E-state index contributed by atoms with van der Waals surface area (Å²) in [4.78, 5) is 32.5. The van der Waals surface area contributed by atoms with E-state index in [1.165, 1.54) is 35.2 Å². The number of morpholine rings is 1. The van der Waals surface area contributed by atoms with Crippen LogP contribution >= 0.6 is 11.6 Å². The molecule has 4 heterocycles. The summed E-state index contributed by atoms with van der Waals surface area (Å²) in [6.07, 6.45) is 2.21. The van der Waals surface area contributed by atoms with E-state index in [-0.39, 0.29) is 43.0 Å². The second kappa shape index (κ2) is 11.3. The lowest BCUT2D eigenvalue weighted by molar-refractivity contribution is -0.0299. The molecule has 2 aliphatic heterocycles. The van der Waals surface area contributed by atoms with Gasteiger partial charge in [-0.1, -0.05) is 17.7 Å². The van der Waals surface area contributed by atoms with Gasteiger partial charge in [-0.05, 0) is 80.3 Å². The van der Waals surface area contributed by atoms with Crippen molar-refractivity contribution in [2.24, 2.45) is 0 Å². The molecule has 2 aromatic carbocycles. The van der Waals surface area contributed by atoms with Crippen molar-refractivity contribution >= 4 is 28.5 Å². The van der Waals surface area contributed by atoms with Gasteiger partial charge in [0.05, 0.1) is 36.3 Å². The molecule has 2 aliphatic rings. The van der Waals surface area contributed by atoms with Crippen molar-refractivity contribution in [3.63, 3.8) is 0 Å². The average Bonchev–Trinajstić information content (AvgIpc) is 3.32. The number of hydrogen-bond acceptors (Lipinski definition) is 6. The molecule has 2 atom stereocenters. The summed E-state index contributed by atoms with van der Waals surface area (Å²) in [5, 5.41) is 15.6. The minimum Gasteiger partial charge on any atom is -0.388 e. The largest absolute Gasteiger partial charge is 0.388 e. The highest BCUT2D eigenvalue weighted by atomic mass is 35.5. The molecule has 0 spiro atoms. The first kappa shape index (κ1) is 28.5.